The lowest BCUT2D eigenvalue weighted by molar-refractivity contribution is -0.125. The van der Waals surface area contributed by atoms with Crippen LogP contribution in [0.25, 0.3) is 0 Å². The van der Waals surface area contributed by atoms with E-state index in [9.17, 15) is 19.2 Å². The number of nitrogens with one attached hydrogen (secondary N) is 2. The molecule has 0 spiro atoms. The van der Waals surface area contributed by atoms with Crippen LogP contribution in [0.5, 0.6) is 0 Å². The second-order valence-corrected chi connectivity index (χ2v) is 4.14. The third-order valence-electron chi connectivity index (χ3n) is 2.74. The molecular weight excluding hydrogens is 236 g/mol. The van der Waals surface area contributed by atoms with E-state index in [-0.39, 0.29) is 36.5 Å². The highest BCUT2D eigenvalue weighted by atomic mass is 16.2. The van der Waals surface area contributed by atoms with E-state index in [1.807, 2.05) is 0 Å². The van der Waals surface area contributed by atoms with Crippen LogP contribution in [0.4, 0.5) is 0 Å². The summed E-state index contributed by atoms with van der Waals surface area (Å²) in [6.07, 6.45) is 4.72. The molecule has 18 heavy (non-hydrogen) atoms. The molecule has 0 atom stereocenters. The lowest BCUT2D eigenvalue weighted by atomic mass is 10.1. The zero-order chi connectivity index (χ0) is 13.1. The molecule has 0 saturated carbocycles. The zero-order valence-corrected chi connectivity index (χ0v) is 9.62. The van der Waals surface area contributed by atoms with Gasteiger partial charge < -0.3 is 0 Å². The Labute approximate surface area is 103 Å². The molecule has 0 radical (unpaired) electrons. The van der Waals surface area contributed by atoms with Crippen molar-refractivity contribution in [1.29, 1.82) is 0 Å². The predicted octanol–water partition coefficient (Wildman–Crippen LogP) is -0.288. The first-order valence-electron chi connectivity index (χ1n) is 5.62. The number of hydrogen-bond donors (Lipinski definition) is 2. The van der Waals surface area contributed by atoms with Gasteiger partial charge in [-0.1, -0.05) is 12.2 Å². The minimum atomic E-state index is -0.346. The number of amides is 4. The number of imide groups is 2. The minimum Gasteiger partial charge on any atom is -0.292 e. The summed E-state index contributed by atoms with van der Waals surface area (Å²) < 4.78 is 0. The standard InChI is InChI=1S/C12H12N2O4/c15-9-5-7(11(17)13-9)3-1-2-4-8-6-10(16)14-12(8)18/h3-4H,1-2,5-6H2,(H,13,15,17)(H,14,16,18). The van der Waals surface area contributed by atoms with Crippen molar-refractivity contribution in [2.45, 2.75) is 25.7 Å². The van der Waals surface area contributed by atoms with Crippen molar-refractivity contribution in [3.63, 3.8) is 0 Å². The van der Waals surface area contributed by atoms with Crippen LogP contribution in [-0.4, -0.2) is 23.6 Å². The minimum absolute atomic E-state index is 0.119. The van der Waals surface area contributed by atoms with Crippen molar-refractivity contribution >= 4 is 23.6 Å². The van der Waals surface area contributed by atoms with E-state index in [1.165, 1.54) is 0 Å². The zero-order valence-electron chi connectivity index (χ0n) is 9.62. The number of unbranched alkanes of at least 4 members (excludes halogenated alkanes) is 1. The summed E-state index contributed by atoms with van der Waals surface area (Å²) in [4.78, 5) is 44.2. The fraction of sp³-hybridized carbons (Fsp3) is 0.333. The Morgan fingerprint density at radius 1 is 0.778 bits per heavy atom. The van der Waals surface area contributed by atoms with Crippen molar-refractivity contribution in [2.24, 2.45) is 0 Å². The number of hydrogen-bond acceptors (Lipinski definition) is 4. The molecule has 0 aromatic rings. The van der Waals surface area contributed by atoms with Gasteiger partial charge in [0, 0.05) is 11.1 Å². The molecule has 0 aliphatic carbocycles. The monoisotopic (exact) mass is 248 g/mol. The van der Waals surface area contributed by atoms with Gasteiger partial charge in [-0.05, 0) is 12.8 Å². The van der Waals surface area contributed by atoms with Crippen LogP contribution < -0.4 is 10.6 Å². The maximum Gasteiger partial charge on any atom is 0.253 e. The van der Waals surface area contributed by atoms with Crippen molar-refractivity contribution in [1.82, 2.24) is 10.6 Å². The van der Waals surface area contributed by atoms with Gasteiger partial charge in [0.15, 0.2) is 0 Å². The van der Waals surface area contributed by atoms with Crippen molar-refractivity contribution in [2.75, 3.05) is 0 Å². The second kappa shape index (κ2) is 4.95. The maximum atomic E-state index is 11.2. The van der Waals surface area contributed by atoms with Crippen molar-refractivity contribution in [3.05, 3.63) is 23.3 Å². The van der Waals surface area contributed by atoms with Gasteiger partial charge in [0.05, 0.1) is 12.8 Å². The number of rotatable bonds is 3. The van der Waals surface area contributed by atoms with E-state index in [0.29, 0.717) is 24.0 Å². The molecule has 2 N–H and O–H groups in total. The van der Waals surface area contributed by atoms with Crippen LogP contribution >= 0.6 is 0 Å². The number of allylic oxidation sites excluding steroid dienone is 2. The highest BCUT2D eigenvalue weighted by Gasteiger charge is 2.24. The van der Waals surface area contributed by atoms with E-state index < -0.39 is 0 Å². The van der Waals surface area contributed by atoms with Crippen LogP contribution in [0.15, 0.2) is 23.3 Å². The highest BCUT2D eigenvalue weighted by molar-refractivity contribution is 6.13. The number of carbonyl (C=O) groups excluding carboxylic acids is 4. The molecule has 2 fully saturated rings. The summed E-state index contributed by atoms with van der Waals surface area (Å²) in [7, 11) is 0. The van der Waals surface area contributed by atoms with Crippen LogP contribution in [0.2, 0.25) is 0 Å². The Bertz CT molecular complexity index is 456. The van der Waals surface area contributed by atoms with Crippen LogP contribution in [0, 0.1) is 0 Å². The van der Waals surface area contributed by atoms with Crippen LogP contribution in [-0.2, 0) is 19.2 Å². The molecule has 6 nitrogen and oxygen atoms in total. The van der Waals surface area contributed by atoms with Gasteiger partial charge in [-0.15, -0.1) is 0 Å². The molecule has 0 aromatic heterocycles. The van der Waals surface area contributed by atoms with Gasteiger partial charge in [0.1, 0.15) is 0 Å². The third-order valence-corrected chi connectivity index (χ3v) is 2.74. The van der Waals surface area contributed by atoms with E-state index in [0.717, 1.165) is 0 Å². The first-order valence-corrected chi connectivity index (χ1v) is 5.62. The second-order valence-electron chi connectivity index (χ2n) is 4.14. The molecular formula is C12H12N2O4. The summed E-state index contributed by atoms with van der Waals surface area (Å²) >= 11 is 0. The van der Waals surface area contributed by atoms with Gasteiger partial charge in [-0.25, -0.2) is 0 Å². The van der Waals surface area contributed by atoms with Gasteiger partial charge in [0.2, 0.25) is 11.8 Å². The predicted molar refractivity (Wildman–Crippen MR) is 60.9 cm³/mol. The summed E-state index contributed by atoms with van der Waals surface area (Å²) in [5, 5.41) is 4.38. The average Bonchev–Trinajstić information content (AvgIpc) is 2.77. The molecule has 2 rings (SSSR count). The molecule has 94 valence electrons. The third kappa shape index (κ3) is 2.71. The van der Waals surface area contributed by atoms with Gasteiger partial charge in [-0.2, -0.15) is 0 Å². The molecule has 2 aliphatic heterocycles. The van der Waals surface area contributed by atoms with E-state index >= 15 is 0 Å². The summed E-state index contributed by atoms with van der Waals surface area (Å²) in [5.41, 5.74) is 0.927. The first kappa shape index (κ1) is 12.2. The normalized spacial score (nSPS) is 24.0. The van der Waals surface area contributed by atoms with E-state index in [2.05, 4.69) is 10.6 Å². The topological polar surface area (TPSA) is 92.3 Å². The average molecular weight is 248 g/mol. The summed E-state index contributed by atoms with van der Waals surface area (Å²) in [6.45, 7) is 0. The smallest absolute Gasteiger partial charge is 0.253 e. The largest absolute Gasteiger partial charge is 0.292 e. The number of carbonyl (C=O) groups is 4. The molecule has 6 heteroatoms. The van der Waals surface area contributed by atoms with Gasteiger partial charge in [0.25, 0.3) is 11.8 Å². The fourth-order valence-corrected chi connectivity index (χ4v) is 1.85. The molecule has 0 bridgehead atoms. The Balaban J connectivity index is 1.86. The van der Waals surface area contributed by atoms with E-state index in [4.69, 9.17) is 0 Å². The molecule has 0 unspecified atom stereocenters. The molecule has 2 heterocycles. The van der Waals surface area contributed by atoms with Gasteiger partial charge >= 0.3 is 0 Å². The molecule has 2 saturated heterocycles. The van der Waals surface area contributed by atoms with E-state index in [1.54, 1.807) is 12.2 Å². The van der Waals surface area contributed by atoms with Crippen LogP contribution in [0.1, 0.15) is 25.7 Å². The molecule has 0 aromatic carbocycles. The fourth-order valence-electron chi connectivity index (χ4n) is 1.85. The van der Waals surface area contributed by atoms with Crippen LogP contribution in [0.3, 0.4) is 0 Å². The molecule has 4 amide bonds. The SMILES string of the molecule is O=C1CC(=CCCC=C2CC(=O)NC2=O)C(=O)N1. The van der Waals surface area contributed by atoms with Gasteiger partial charge in [-0.3, -0.25) is 29.8 Å². The quantitative estimate of drug-likeness (QED) is 0.408. The summed E-state index contributed by atoms with van der Waals surface area (Å²) in [6, 6.07) is 0. The lowest BCUT2D eigenvalue weighted by Gasteiger charge is -1.93. The maximum absolute atomic E-state index is 11.2. The van der Waals surface area contributed by atoms with Crippen molar-refractivity contribution in [3.8, 4) is 0 Å². The first-order chi connectivity index (χ1) is 8.56. The summed E-state index contributed by atoms with van der Waals surface area (Å²) in [5.74, 6) is -1.27. The molecule has 2 aliphatic rings. The Morgan fingerprint density at radius 3 is 1.44 bits per heavy atom. The van der Waals surface area contributed by atoms with Crippen molar-refractivity contribution < 1.29 is 19.2 Å². The highest BCUT2D eigenvalue weighted by Crippen LogP contribution is 2.14. The lowest BCUT2D eigenvalue weighted by Crippen LogP contribution is -2.19. The Hall–Kier alpha value is -2.24. The Kier molecular flexibility index (Phi) is 3.36. The Morgan fingerprint density at radius 2 is 1.17 bits per heavy atom.